The number of benzene rings is 3. The first-order valence-electron chi connectivity index (χ1n) is 13.2. The van der Waals surface area contributed by atoms with Crippen LogP contribution in [0.4, 0.5) is 14.5 Å². The van der Waals surface area contributed by atoms with Gasteiger partial charge >= 0.3 is 5.97 Å². The van der Waals surface area contributed by atoms with E-state index in [2.05, 4.69) is 10.6 Å². The standard InChI is InChI=1S/C30H27F2N3O8S/c31-19-5-1-17(2-6-19)24(37)16-44-28-27(35(29(28)40)21-9-7-20(32)8-10-21)18-3-11-22(12-4-18)43-15-26(39)34-14-25(38)33-13-23(36)30(41)42/h1-12,23,27-28,36H,13-16H2,(H,33,38)(H,34,39)(H,41,42)/t23-,27?,28?/m1/s1. The number of aliphatic carboxylic acids is 1. The van der Waals surface area contributed by atoms with Gasteiger partial charge in [0, 0.05) is 11.3 Å². The second-order valence-corrected chi connectivity index (χ2v) is 10.7. The van der Waals surface area contributed by atoms with Crippen LogP contribution in [0.15, 0.2) is 72.8 Å². The number of hydrogen-bond donors (Lipinski definition) is 4. The van der Waals surface area contributed by atoms with Crippen molar-refractivity contribution in [2.24, 2.45) is 0 Å². The zero-order valence-corrected chi connectivity index (χ0v) is 23.8. The third kappa shape index (κ3) is 8.17. The number of Topliss-reactive ketones (excluding diaryl/α,β-unsaturated/α-hetero) is 1. The molecule has 11 nitrogen and oxygen atoms in total. The average Bonchev–Trinajstić information content (AvgIpc) is 3.01. The third-order valence-corrected chi connectivity index (χ3v) is 7.77. The molecule has 0 saturated carbocycles. The molecular weight excluding hydrogens is 600 g/mol. The zero-order chi connectivity index (χ0) is 31.8. The first kappa shape index (κ1) is 32.1. The Bertz CT molecular complexity index is 1520. The smallest absolute Gasteiger partial charge is 0.334 e. The van der Waals surface area contributed by atoms with Crippen LogP contribution in [0.2, 0.25) is 0 Å². The van der Waals surface area contributed by atoms with Crippen molar-refractivity contribution in [3.8, 4) is 5.75 Å². The maximum Gasteiger partial charge on any atom is 0.334 e. The lowest BCUT2D eigenvalue weighted by molar-refractivity contribution is -0.146. The van der Waals surface area contributed by atoms with Crippen LogP contribution >= 0.6 is 11.8 Å². The number of rotatable bonds is 14. The Morgan fingerprint density at radius 1 is 0.886 bits per heavy atom. The van der Waals surface area contributed by atoms with Crippen LogP contribution in [-0.2, 0) is 19.2 Å². The van der Waals surface area contributed by atoms with E-state index < -0.39 is 66.5 Å². The van der Waals surface area contributed by atoms with Gasteiger partial charge in [-0.1, -0.05) is 12.1 Å². The molecule has 4 rings (SSSR count). The highest BCUT2D eigenvalue weighted by molar-refractivity contribution is 8.01. The number of nitrogens with one attached hydrogen (secondary N) is 2. The number of hydrogen-bond acceptors (Lipinski definition) is 8. The number of amides is 3. The molecule has 1 heterocycles. The third-order valence-electron chi connectivity index (χ3n) is 6.53. The molecule has 0 aliphatic carbocycles. The maximum absolute atomic E-state index is 13.6. The topological polar surface area (TPSA) is 162 Å². The van der Waals surface area contributed by atoms with E-state index in [1.165, 1.54) is 53.4 Å². The number of carboxylic acid groups (broad SMARTS) is 1. The number of aliphatic hydroxyl groups excluding tert-OH is 1. The number of nitrogens with zero attached hydrogens (tertiary/aromatic N) is 1. The molecule has 0 radical (unpaired) electrons. The van der Waals surface area contributed by atoms with Gasteiger partial charge < -0.3 is 30.5 Å². The largest absolute Gasteiger partial charge is 0.484 e. The number of aliphatic hydroxyl groups is 1. The minimum atomic E-state index is -1.76. The molecular formula is C30H27F2N3O8S. The van der Waals surface area contributed by atoms with Gasteiger partial charge in [-0.25, -0.2) is 13.6 Å². The van der Waals surface area contributed by atoms with Crippen molar-refractivity contribution >= 4 is 46.9 Å². The van der Waals surface area contributed by atoms with Gasteiger partial charge in [-0.2, -0.15) is 0 Å². The first-order valence-corrected chi connectivity index (χ1v) is 14.2. The molecule has 4 N–H and O–H groups in total. The fourth-order valence-electron chi connectivity index (χ4n) is 4.22. The number of ketones is 1. The fraction of sp³-hybridized carbons (Fsp3) is 0.233. The highest BCUT2D eigenvalue weighted by Gasteiger charge is 2.49. The minimum Gasteiger partial charge on any atom is -0.484 e. The van der Waals surface area contributed by atoms with Crippen LogP contribution in [0.5, 0.6) is 5.75 Å². The van der Waals surface area contributed by atoms with Gasteiger partial charge in [0.25, 0.3) is 5.91 Å². The summed E-state index contributed by atoms with van der Waals surface area (Å²) >= 11 is 1.15. The average molecular weight is 628 g/mol. The van der Waals surface area contributed by atoms with Crippen LogP contribution in [0.3, 0.4) is 0 Å². The van der Waals surface area contributed by atoms with Gasteiger partial charge in [0.15, 0.2) is 18.5 Å². The molecule has 3 aromatic rings. The predicted octanol–water partition coefficient (Wildman–Crippen LogP) is 2.09. The quantitative estimate of drug-likeness (QED) is 0.155. The molecule has 2 unspecified atom stereocenters. The Labute approximate surface area is 254 Å². The van der Waals surface area contributed by atoms with Gasteiger partial charge in [-0.3, -0.25) is 19.2 Å². The van der Waals surface area contributed by atoms with E-state index in [1.807, 2.05) is 0 Å². The lowest BCUT2D eigenvalue weighted by atomic mass is 9.92. The maximum atomic E-state index is 13.6. The van der Waals surface area contributed by atoms with Gasteiger partial charge in [0.1, 0.15) is 22.6 Å². The molecule has 1 aliphatic heterocycles. The van der Waals surface area contributed by atoms with Crippen molar-refractivity contribution < 1.29 is 47.7 Å². The molecule has 3 amide bonds. The normalized spacial score (nSPS) is 16.4. The second kappa shape index (κ2) is 14.6. The molecule has 44 heavy (non-hydrogen) atoms. The lowest BCUT2D eigenvalue weighted by Gasteiger charge is -2.47. The summed E-state index contributed by atoms with van der Waals surface area (Å²) < 4.78 is 32.3. The molecule has 3 atom stereocenters. The molecule has 1 aliphatic rings. The first-order chi connectivity index (χ1) is 21.0. The predicted molar refractivity (Wildman–Crippen MR) is 155 cm³/mol. The highest BCUT2D eigenvalue weighted by Crippen LogP contribution is 2.45. The van der Waals surface area contributed by atoms with Crippen LogP contribution in [0.25, 0.3) is 0 Å². The van der Waals surface area contributed by atoms with Gasteiger partial charge in [0.05, 0.1) is 24.9 Å². The van der Waals surface area contributed by atoms with E-state index in [0.717, 1.165) is 11.8 Å². The summed E-state index contributed by atoms with van der Waals surface area (Å²) in [6, 6.07) is 16.6. The summed E-state index contributed by atoms with van der Waals surface area (Å²) in [6.07, 6.45) is -1.76. The van der Waals surface area contributed by atoms with Crippen molar-refractivity contribution in [1.82, 2.24) is 10.6 Å². The lowest BCUT2D eigenvalue weighted by Crippen LogP contribution is -2.57. The summed E-state index contributed by atoms with van der Waals surface area (Å²) in [5, 5.41) is 21.6. The SMILES string of the molecule is O=C(CNC(=O)COc1ccc(C2C(SCC(=O)c3ccc(F)cc3)C(=O)N2c2ccc(F)cc2)cc1)NC[C@@H](O)C(=O)O. The van der Waals surface area contributed by atoms with Crippen LogP contribution in [-0.4, -0.2) is 76.5 Å². The summed E-state index contributed by atoms with van der Waals surface area (Å²) in [5.41, 5.74) is 1.49. The number of thioether (sulfide) groups is 1. The van der Waals surface area contributed by atoms with E-state index >= 15 is 0 Å². The zero-order valence-electron chi connectivity index (χ0n) is 22.9. The van der Waals surface area contributed by atoms with Crippen molar-refractivity contribution in [3.63, 3.8) is 0 Å². The van der Waals surface area contributed by atoms with Gasteiger partial charge in [0.2, 0.25) is 11.8 Å². The van der Waals surface area contributed by atoms with E-state index in [4.69, 9.17) is 14.9 Å². The summed E-state index contributed by atoms with van der Waals surface area (Å²) in [6.45, 7) is -1.40. The monoisotopic (exact) mass is 627 g/mol. The number of β-lactam (4-membered cyclic amide) rings is 1. The number of carboxylic acids is 1. The summed E-state index contributed by atoms with van der Waals surface area (Å²) in [5.74, 6) is -3.99. The van der Waals surface area contributed by atoms with Crippen molar-refractivity contribution in [2.75, 3.05) is 30.3 Å². The number of carbonyl (C=O) groups excluding carboxylic acids is 4. The number of halogens is 2. The Hall–Kier alpha value is -4.82. The minimum absolute atomic E-state index is 0.0235. The van der Waals surface area contributed by atoms with Gasteiger partial charge in [-0.05, 0) is 66.2 Å². The number of carbonyl (C=O) groups is 5. The molecule has 0 bridgehead atoms. The molecule has 230 valence electrons. The van der Waals surface area contributed by atoms with E-state index in [9.17, 15) is 32.8 Å². The van der Waals surface area contributed by atoms with Crippen LogP contribution in [0, 0.1) is 11.6 Å². The molecule has 14 heteroatoms. The fourth-order valence-corrected chi connectivity index (χ4v) is 5.44. The van der Waals surface area contributed by atoms with E-state index in [-0.39, 0.29) is 17.4 Å². The Morgan fingerprint density at radius 3 is 2.11 bits per heavy atom. The van der Waals surface area contributed by atoms with E-state index in [0.29, 0.717) is 22.6 Å². The summed E-state index contributed by atoms with van der Waals surface area (Å²) in [7, 11) is 0. The highest BCUT2D eigenvalue weighted by atomic mass is 32.2. The van der Waals surface area contributed by atoms with E-state index in [1.54, 1.807) is 24.3 Å². The Morgan fingerprint density at radius 2 is 1.50 bits per heavy atom. The number of anilines is 1. The molecule has 1 fully saturated rings. The van der Waals surface area contributed by atoms with Crippen molar-refractivity contribution in [3.05, 3.63) is 95.6 Å². The second-order valence-electron chi connectivity index (χ2n) is 9.58. The molecule has 0 spiro atoms. The molecule has 3 aromatic carbocycles. The Balaban J connectivity index is 1.36. The number of ether oxygens (including phenoxy) is 1. The molecule has 0 aromatic heterocycles. The van der Waals surface area contributed by atoms with Crippen molar-refractivity contribution in [2.45, 2.75) is 17.4 Å². The summed E-state index contributed by atoms with van der Waals surface area (Å²) in [4.78, 5) is 61.7. The van der Waals surface area contributed by atoms with Crippen LogP contribution < -0.4 is 20.3 Å². The Kier molecular flexibility index (Phi) is 10.6. The van der Waals surface area contributed by atoms with Crippen LogP contribution in [0.1, 0.15) is 22.0 Å². The van der Waals surface area contributed by atoms with Gasteiger partial charge in [-0.15, -0.1) is 11.8 Å². The van der Waals surface area contributed by atoms with Crippen molar-refractivity contribution in [1.29, 1.82) is 0 Å². The molecule has 1 saturated heterocycles.